The second-order valence-electron chi connectivity index (χ2n) is 7.83. The van der Waals surface area contributed by atoms with Crippen molar-refractivity contribution in [3.05, 3.63) is 29.3 Å². The number of carbonyl (C=O) groups is 1. The molecule has 0 radical (unpaired) electrons. The van der Waals surface area contributed by atoms with Gasteiger partial charge >= 0.3 is 0 Å². The first-order chi connectivity index (χ1) is 12.3. The Morgan fingerprint density at radius 1 is 1.15 bits per heavy atom. The lowest BCUT2D eigenvalue weighted by Crippen LogP contribution is -2.55. The van der Waals surface area contributed by atoms with Crippen LogP contribution in [0, 0.1) is 13.8 Å². The molecule has 1 N–H and O–H groups in total. The third-order valence-corrected chi connectivity index (χ3v) is 8.77. The molecule has 1 aromatic carbocycles. The predicted octanol–water partition coefficient (Wildman–Crippen LogP) is 2.60. The first kappa shape index (κ1) is 19.4. The van der Waals surface area contributed by atoms with E-state index in [4.69, 9.17) is 0 Å². The Labute approximate surface area is 157 Å². The number of sulfone groups is 1. The number of piperidine rings is 1. The molecule has 0 aromatic heterocycles. The minimum Gasteiger partial charge on any atom is -0.341 e. The fourth-order valence-electron chi connectivity index (χ4n) is 4.41. The fraction of sp³-hybridized carbons (Fsp3) is 0.650. The zero-order valence-electron chi connectivity index (χ0n) is 16.0. The summed E-state index contributed by atoms with van der Waals surface area (Å²) in [5, 5.41) is 3.26. The highest BCUT2D eigenvalue weighted by Crippen LogP contribution is 2.43. The summed E-state index contributed by atoms with van der Waals surface area (Å²) in [6.07, 6.45) is 4.22. The number of likely N-dealkylation sites (tertiary alicyclic amines) is 1. The van der Waals surface area contributed by atoms with Crippen LogP contribution in [0.15, 0.2) is 23.1 Å². The zero-order chi connectivity index (χ0) is 18.9. The third-order valence-electron chi connectivity index (χ3n) is 6.14. The molecule has 1 saturated carbocycles. The number of nitrogens with one attached hydrogen (secondary N) is 1. The molecular formula is C20H30N2O3S. The molecule has 5 nitrogen and oxygen atoms in total. The largest absolute Gasteiger partial charge is 0.341 e. The molecule has 3 rings (SSSR count). The van der Waals surface area contributed by atoms with Crippen LogP contribution in [0.3, 0.4) is 0 Å². The van der Waals surface area contributed by atoms with Crippen LogP contribution in [0.2, 0.25) is 0 Å². The third kappa shape index (κ3) is 3.18. The van der Waals surface area contributed by atoms with Gasteiger partial charge < -0.3 is 10.2 Å². The maximum Gasteiger partial charge on any atom is 0.244 e. The van der Waals surface area contributed by atoms with E-state index >= 15 is 0 Å². The highest BCUT2D eigenvalue weighted by Gasteiger charge is 2.55. The van der Waals surface area contributed by atoms with Gasteiger partial charge in [-0.2, -0.15) is 0 Å². The van der Waals surface area contributed by atoms with Crippen LogP contribution in [0.5, 0.6) is 0 Å². The molecule has 6 heteroatoms. The molecule has 1 saturated heterocycles. The number of rotatable bonds is 4. The van der Waals surface area contributed by atoms with Gasteiger partial charge in [0, 0.05) is 19.1 Å². The van der Waals surface area contributed by atoms with E-state index in [2.05, 4.69) is 5.32 Å². The van der Waals surface area contributed by atoms with E-state index in [1.807, 2.05) is 33.0 Å². The van der Waals surface area contributed by atoms with E-state index in [0.717, 1.165) is 36.8 Å². The average Bonchev–Trinajstić information content (AvgIpc) is 3.15. The first-order valence-corrected chi connectivity index (χ1v) is 11.1. The van der Waals surface area contributed by atoms with Gasteiger partial charge in [0.1, 0.15) is 0 Å². The van der Waals surface area contributed by atoms with Crippen molar-refractivity contribution in [2.45, 2.75) is 68.1 Å². The van der Waals surface area contributed by atoms with Crippen LogP contribution in [0.4, 0.5) is 0 Å². The number of carbonyl (C=O) groups excluding carboxylic acids is 1. The summed E-state index contributed by atoms with van der Waals surface area (Å²) in [5.74, 6) is -0.176. The lowest BCUT2D eigenvalue weighted by Gasteiger charge is -2.38. The van der Waals surface area contributed by atoms with Crippen LogP contribution in [0.1, 0.15) is 49.7 Å². The molecule has 0 unspecified atom stereocenters. The Morgan fingerprint density at radius 2 is 1.77 bits per heavy atom. The number of benzene rings is 1. The minimum absolute atomic E-state index is 0.176. The van der Waals surface area contributed by atoms with Gasteiger partial charge in [-0.25, -0.2) is 8.42 Å². The van der Waals surface area contributed by atoms with E-state index in [9.17, 15) is 13.2 Å². The van der Waals surface area contributed by atoms with Crippen molar-refractivity contribution in [1.82, 2.24) is 10.2 Å². The van der Waals surface area contributed by atoms with Gasteiger partial charge in [-0.15, -0.1) is 0 Å². The van der Waals surface area contributed by atoms with Crippen LogP contribution < -0.4 is 5.32 Å². The molecule has 2 aliphatic rings. The summed E-state index contributed by atoms with van der Waals surface area (Å²) in [7, 11) is -1.79. The van der Waals surface area contributed by atoms with E-state index in [1.165, 1.54) is 0 Å². The molecule has 1 aromatic rings. The summed E-state index contributed by atoms with van der Waals surface area (Å²) in [4.78, 5) is 15.6. The maximum absolute atomic E-state index is 13.7. The highest BCUT2D eigenvalue weighted by molar-refractivity contribution is 7.93. The van der Waals surface area contributed by atoms with Gasteiger partial charge in [-0.3, -0.25) is 4.79 Å². The Bertz CT molecular complexity index is 774. The lowest BCUT2D eigenvalue weighted by atomic mass is 10.0. The topological polar surface area (TPSA) is 66.5 Å². The number of hydrogen-bond acceptors (Lipinski definition) is 4. The zero-order valence-corrected chi connectivity index (χ0v) is 16.9. The predicted molar refractivity (Wildman–Crippen MR) is 103 cm³/mol. The number of nitrogens with zero attached hydrogens (tertiary/aromatic N) is 1. The summed E-state index contributed by atoms with van der Waals surface area (Å²) >= 11 is 0. The summed E-state index contributed by atoms with van der Waals surface area (Å²) in [6, 6.07) is 5.90. The molecule has 1 aliphatic heterocycles. The first-order valence-electron chi connectivity index (χ1n) is 9.60. The van der Waals surface area contributed by atoms with Crippen LogP contribution in [-0.2, 0) is 14.6 Å². The minimum atomic E-state index is -3.73. The standard InChI is InChI=1S/C20H30N2O3S/c1-15-6-7-16(2)18(14-15)26(24,25)20(10-4-5-11-20)19(23)22-12-8-17(21-3)9-13-22/h6-7,14,17,21H,4-5,8-13H2,1-3H3. The molecule has 26 heavy (non-hydrogen) atoms. The number of amides is 1. The molecular weight excluding hydrogens is 348 g/mol. The van der Waals surface area contributed by atoms with Crippen molar-refractivity contribution in [2.75, 3.05) is 20.1 Å². The summed E-state index contributed by atoms with van der Waals surface area (Å²) in [5.41, 5.74) is 1.63. The normalized spacial score (nSPS) is 21.1. The van der Waals surface area contributed by atoms with Crippen LogP contribution >= 0.6 is 0 Å². The van der Waals surface area contributed by atoms with Crippen molar-refractivity contribution in [3.63, 3.8) is 0 Å². The van der Waals surface area contributed by atoms with Crippen molar-refractivity contribution < 1.29 is 13.2 Å². The van der Waals surface area contributed by atoms with Crippen molar-refractivity contribution in [1.29, 1.82) is 0 Å². The Balaban J connectivity index is 1.97. The molecule has 1 aliphatic carbocycles. The Kier molecular flexibility index (Phi) is 5.45. The van der Waals surface area contributed by atoms with Crippen LogP contribution in [0.25, 0.3) is 0 Å². The molecule has 0 atom stereocenters. The second kappa shape index (κ2) is 7.31. The van der Waals surface area contributed by atoms with E-state index in [-0.39, 0.29) is 5.91 Å². The van der Waals surface area contributed by atoms with E-state index in [1.54, 1.807) is 11.0 Å². The van der Waals surface area contributed by atoms with E-state index < -0.39 is 14.6 Å². The van der Waals surface area contributed by atoms with Gasteiger partial charge in [-0.05, 0) is 63.8 Å². The molecule has 0 bridgehead atoms. The number of aryl methyl sites for hydroxylation is 2. The lowest BCUT2D eigenvalue weighted by molar-refractivity contribution is -0.135. The quantitative estimate of drug-likeness (QED) is 0.875. The van der Waals surface area contributed by atoms with Gasteiger partial charge in [0.25, 0.3) is 0 Å². The van der Waals surface area contributed by atoms with Gasteiger partial charge in [0.05, 0.1) is 4.90 Å². The highest BCUT2D eigenvalue weighted by atomic mass is 32.2. The average molecular weight is 379 g/mol. The SMILES string of the molecule is CNC1CCN(C(=O)C2(S(=O)(=O)c3cc(C)ccc3C)CCCC2)CC1. The monoisotopic (exact) mass is 378 g/mol. The number of hydrogen-bond donors (Lipinski definition) is 1. The molecule has 2 fully saturated rings. The van der Waals surface area contributed by atoms with Gasteiger partial charge in [0.15, 0.2) is 14.6 Å². The Hall–Kier alpha value is -1.40. The molecule has 0 spiro atoms. The van der Waals surface area contributed by atoms with E-state index in [0.29, 0.717) is 36.9 Å². The maximum atomic E-state index is 13.7. The molecule has 1 heterocycles. The summed E-state index contributed by atoms with van der Waals surface area (Å²) < 4.78 is 26.1. The molecule has 144 valence electrons. The van der Waals surface area contributed by atoms with Crippen LogP contribution in [-0.4, -0.2) is 50.2 Å². The second-order valence-corrected chi connectivity index (χ2v) is 10.1. The van der Waals surface area contributed by atoms with Crippen molar-refractivity contribution in [3.8, 4) is 0 Å². The fourth-order valence-corrected chi connectivity index (χ4v) is 6.85. The van der Waals surface area contributed by atoms with Crippen molar-refractivity contribution >= 4 is 15.7 Å². The van der Waals surface area contributed by atoms with Gasteiger partial charge in [-0.1, -0.05) is 25.0 Å². The van der Waals surface area contributed by atoms with Crippen molar-refractivity contribution in [2.24, 2.45) is 0 Å². The molecule has 1 amide bonds. The smallest absolute Gasteiger partial charge is 0.244 e. The summed E-state index contributed by atoms with van der Waals surface area (Å²) in [6.45, 7) is 4.98. The van der Waals surface area contributed by atoms with Gasteiger partial charge in [0.2, 0.25) is 5.91 Å². The Morgan fingerprint density at radius 3 is 2.35 bits per heavy atom.